The van der Waals surface area contributed by atoms with Gasteiger partial charge in [0.25, 0.3) is 0 Å². The number of halogens is 1. The Hall–Kier alpha value is -2.22. The lowest BCUT2D eigenvalue weighted by Crippen LogP contribution is -2.49. The molecule has 6 nitrogen and oxygen atoms in total. The van der Waals surface area contributed by atoms with Crippen LogP contribution in [0.4, 0.5) is 0 Å². The van der Waals surface area contributed by atoms with Crippen LogP contribution < -0.4 is 10.6 Å². The minimum Gasteiger partial charge on any atom is -0.347 e. The van der Waals surface area contributed by atoms with Gasteiger partial charge in [0, 0.05) is 56.8 Å². The van der Waals surface area contributed by atoms with Crippen molar-refractivity contribution in [1.29, 1.82) is 0 Å². The molecule has 0 bridgehead atoms. The summed E-state index contributed by atoms with van der Waals surface area (Å²) in [5.74, 6) is -1.16. The summed E-state index contributed by atoms with van der Waals surface area (Å²) >= 11 is 3.47. The molecule has 0 spiro atoms. The summed E-state index contributed by atoms with van der Waals surface area (Å²) in [6.45, 7) is 6.48. The maximum atomic E-state index is 11.9. The minimum absolute atomic E-state index is 0.355. The van der Waals surface area contributed by atoms with Crippen molar-refractivity contribution in [1.82, 2.24) is 20.4 Å². The Morgan fingerprint density at radius 1 is 0.793 bits per heavy atom. The quantitative estimate of drug-likeness (QED) is 0.622. The first-order chi connectivity index (χ1) is 14.1. The lowest BCUT2D eigenvalue weighted by atomic mass is 10.2. The number of benzene rings is 2. The van der Waals surface area contributed by atoms with Gasteiger partial charge in [0.05, 0.1) is 0 Å². The standard InChI is InChI=1S/C22H27BrN4O2/c23-20-8-6-19(7-9-20)17-27-14-12-26(13-15-27)11-10-24-21(28)22(29)25-16-18-4-2-1-3-5-18/h1-9H,10-17H2,(H,24,28)(H,25,29). The second kappa shape index (κ2) is 11.1. The van der Waals surface area contributed by atoms with Gasteiger partial charge in [-0.05, 0) is 23.3 Å². The van der Waals surface area contributed by atoms with E-state index in [0.717, 1.165) is 49.3 Å². The molecule has 2 aromatic carbocycles. The fourth-order valence-electron chi connectivity index (χ4n) is 3.29. The number of amides is 2. The van der Waals surface area contributed by atoms with Gasteiger partial charge in [-0.3, -0.25) is 19.4 Å². The zero-order chi connectivity index (χ0) is 20.5. The van der Waals surface area contributed by atoms with E-state index in [1.807, 2.05) is 30.3 Å². The summed E-state index contributed by atoms with van der Waals surface area (Å²) in [7, 11) is 0. The van der Waals surface area contributed by atoms with Gasteiger partial charge < -0.3 is 10.6 Å². The summed E-state index contributed by atoms with van der Waals surface area (Å²) in [4.78, 5) is 28.6. The van der Waals surface area contributed by atoms with Crippen molar-refractivity contribution in [2.75, 3.05) is 39.3 Å². The third kappa shape index (κ3) is 7.27. The van der Waals surface area contributed by atoms with E-state index in [2.05, 4.69) is 60.6 Å². The Balaban J connectivity index is 1.29. The van der Waals surface area contributed by atoms with E-state index < -0.39 is 11.8 Å². The zero-order valence-electron chi connectivity index (χ0n) is 16.4. The van der Waals surface area contributed by atoms with E-state index in [-0.39, 0.29) is 0 Å². The lowest BCUT2D eigenvalue weighted by molar-refractivity contribution is -0.139. The second-order valence-corrected chi connectivity index (χ2v) is 8.08. The van der Waals surface area contributed by atoms with Gasteiger partial charge in [-0.15, -0.1) is 0 Å². The highest BCUT2D eigenvalue weighted by molar-refractivity contribution is 9.10. The molecule has 1 aliphatic rings. The van der Waals surface area contributed by atoms with Crippen LogP contribution in [0.2, 0.25) is 0 Å². The van der Waals surface area contributed by atoms with Crippen molar-refractivity contribution >= 4 is 27.7 Å². The van der Waals surface area contributed by atoms with E-state index in [9.17, 15) is 9.59 Å². The van der Waals surface area contributed by atoms with Gasteiger partial charge in [0.2, 0.25) is 0 Å². The molecule has 154 valence electrons. The van der Waals surface area contributed by atoms with Crippen molar-refractivity contribution in [3.8, 4) is 0 Å². The molecular formula is C22H27BrN4O2. The first kappa shape index (κ1) is 21.5. The monoisotopic (exact) mass is 458 g/mol. The number of hydrogen-bond donors (Lipinski definition) is 2. The highest BCUT2D eigenvalue weighted by atomic mass is 79.9. The average molecular weight is 459 g/mol. The number of nitrogens with zero attached hydrogens (tertiary/aromatic N) is 2. The van der Waals surface area contributed by atoms with E-state index >= 15 is 0 Å². The third-order valence-electron chi connectivity index (χ3n) is 5.00. The predicted molar refractivity (Wildman–Crippen MR) is 117 cm³/mol. The van der Waals surface area contributed by atoms with E-state index in [1.54, 1.807) is 0 Å². The van der Waals surface area contributed by atoms with Crippen molar-refractivity contribution in [2.45, 2.75) is 13.1 Å². The van der Waals surface area contributed by atoms with Gasteiger partial charge in [0.15, 0.2) is 0 Å². The molecule has 29 heavy (non-hydrogen) atoms. The van der Waals surface area contributed by atoms with Crippen LogP contribution >= 0.6 is 15.9 Å². The number of nitrogens with one attached hydrogen (secondary N) is 2. The van der Waals surface area contributed by atoms with Gasteiger partial charge in [-0.25, -0.2) is 0 Å². The van der Waals surface area contributed by atoms with Crippen LogP contribution in [0.5, 0.6) is 0 Å². The van der Waals surface area contributed by atoms with E-state index in [0.29, 0.717) is 13.1 Å². The number of carbonyl (C=O) groups excluding carboxylic acids is 2. The summed E-state index contributed by atoms with van der Waals surface area (Å²) in [5.41, 5.74) is 2.28. The molecule has 0 aliphatic carbocycles. The molecule has 3 rings (SSSR count). The molecule has 0 saturated carbocycles. The van der Waals surface area contributed by atoms with Crippen LogP contribution in [0.15, 0.2) is 59.1 Å². The number of piperazine rings is 1. The van der Waals surface area contributed by atoms with Crippen LogP contribution in [-0.2, 0) is 22.7 Å². The fraction of sp³-hybridized carbons (Fsp3) is 0.364. The van der Waals surface area contributed by atoms with Gasteiger partial charge in [-0.1, -0.05) is 58.4 Å². The molecule has 2 amide bonds. The molecule has 1 aliphatic heterocycles. The molecule has 0 radical (unpaired) electrons. The molecule has 1 saturated heterocycles. The number of carbonyl (C=O) groups is 2. The Bertz CT molecular complexity index is 790. The fourth-order valence-corrected chi connectivity index (χ4v) is 3.55. The second-order valence-electron chi connectivity index (χ2n) is 7.17. The number of hydrogen-bond acceptors (Lipinski definition) is 4. The molecule has 2 aromatic rings. The molecular weight excluding hydrogens is 432 g/mol. The van der Waals surface area contributed by atoms with E-state index in [1.165, 1.54) is 5.56 Å². The molecule has 2 N–H and O–H groups in total. The van der Waals surface area contributed by atoms with Gasteiger partial charge in [-0.2, -0.15) is 0 Å². The summed E-state index contributed by atoms with van der Waals surface area (Å²) in [6, 6.07) is 18.0. The minimum atomic E-state index is -0.590. The van der Waals surface area contributed by atoms with E-state index in [4.69, 9.17) is 0 Å². The molecule has 0 atom stereocenters. The zero-order valence-corrected chi connectivity index (χ0v) is 18.0. The Labute approximate surface area is 180 Å². The Kier molecular flexibility index (Phi) is 8.22. The van der Waals surface area contributed by atoms with Crippen molar-refractivity contribution in [3.63, 3.8) is 0 Å². The number of rotatable bonds is 7. The molecule has 7 heteroatoms. The lowest BCUT2D eigenvalue weighted by Gasteiger charge is -2.34. The Morgan fingerprint density at radius 3 is 2.10 bits per heavy atom. The Morgan fingerprint density at radius 2 is 1.41 bits per heavy atom. The van der Waals surface area contributed by atoms with Gasteiger partial charge in [0.1, 0.15) is 0 Å². The maximum absolute atomic E-state index is 11.9. The summed E-state index contributed by atoms with van der Waals surface area (Å²) in [5, 5.41) is 5.36. The van der Waals surface area contributed by atoms with Crippen LogP contribution in [0.1, 0.15) is 11.1 Å². The SMILES string of the molecule is O=C(NCCN1CCN(Cc2ccc(Br)cc2)CC1)C(=O)NCc1ccccc1. The van der Waals surface area contributed by atoms with Crippen molar-refractivity contribution in [2.24, 2.45) is 0 Å². The highest BCUT2D eigenvalue weighted by Crippen LogP contribution is 2.13. The van der Waals surface area contributed by atoms with Crippen LogP contribution in [0.3, 0.4) is 0 Å². The molecule has 1 heterocycles. The summed E-state index contributed by atoms with van der Waals surface area (Å²) in [6.07, 6.45) is 0. The predicted octanol–water partition coefficient (Wildman–Crippen LogP) is 2.00. The molecule has 1 fully saturated rings. The highest BCUT2D eigenvalue weighted by Gasteiger charge is 2.18. The van der Waals surface area contributed by atoms with Crippen LogP contribution in [0, 0.1) is 0 Å². The average Bonchev–Trinajstić information content (AvgIpc) is 2.75. The van der Waals surface area contributed by atoms with Crippen molar-refractivity contribution in [3.05, 3.63) is 70.2 Å². The molecule has 0 unspecified atom stereocenters. The maximum Gasteiger partial charge on any atom is 0.309 e. The topological polar surface area (TPSA) is 64.7 Å². The van der Waals surface area contributed by atoms with Crippen LogP contribution in [0.25, 0.3) is 0 Å². The van der Waals surface area contributed by atoms with Gasteiger partial charge >= 0.3 is 11.8 Å². The first-order valence-electron chi connectivity index (χ1n) is 9.89. The largest absolute Gasteiger partial charge is 0.347 e. The molecule has 0 aromatic heterocycles. The first-order valence-corrected chi connectivity index (χ1v) is 10.7. The normalized spacial score (nSPS) is 15.1. The summed E-state index contributed by atoms with van der Waals surface area (Å²) < 4.78 is 1.10. The van der Waals surface area contributed by atoms with Crippen LogP contribution in [-0.4, -0.2) is 60.9 Å². The smallest absolute Gasteiger partial charge is 0.309 e. The third-order valence-corrected chi connectivity index (χ3v) is 5.53. The van der Waals surface area contributed by atoms with Crippen molar-refractivity contribution < 1.29 is 9.59 Å².